The van der Waals surface area contributed by atoms with Gasteiger partial charge >= 0.3 is 6.18 Å². The maximum Gasteiger partial charge on any atom is 0.419 e. The van der Waals surface area contributed by atoms with Crippen molar-refractivity contribution < 1.29 is 18.3 Å². The van der Waals surface area contributed by atoms with E-state index < -0.39 is 11.7 Å². The summed E-state index contributed by atoms with van der Waals surface area (Å²) in [5, 5.41) is 9.67. The normalized spacial score (nSPS) is 26.1. The van der Waals surface area contributed by atoms with Crippen LogP contribution in [0.15, 0.2) is 18.3 Å². The first-order valence-electron chi connectivity index (χ1n) is 8.59. The molecule has 2 aliphatic rings. The Morgan fingerprint density at radius 3 is 2.50 bits per heavy atom. The lowest BCUT2D eigenvalue weighted by atomic mass is 9.95. The number of aliphatic hydroxyl groups excluding tert-OH is 1. The molecule has 0 aromatic carbocycles. The van der Waals surface area contributed by atoms with Crippen molar-refractivity contribution in [3.63, 3.8) is 0 Å². The van der Waals surface area contributed by atoms with E-state index in [1.54, 1.807) is 4.90 Å². The van der Waals surface area contributed by atoms with E-state index in [0.717, 1.165) is 25.7 Å². The average molecular weight is 343 g/mol. The zero-order valence-corrected chi connectivity index (χ0v) is 13.7. The van der Waals surface area contributed by atoms with Gasteiger partial charge in [0.1, 0.15) is 5.82 Å². The summed E-state index contributed by atoms with van der Waals surface area (Å²) in [5.41, 5.74) is -0.694. The second-order valence-corrected chi connectivity index (χ2v) is 6.84. The lowest BCUT2D eigenvalue weighted by molar-refractivity contribution is -0.137. The van der Waals surface area contributed by atoms with Crippen LogP contribution < -0.4 is 4.90 Å². The molecule has 4 nitrogen and oxygen atoms in total. The maximum atomic E-state index is 13.2. The number of alkyl halides is 3. The summed E-state index contributed by atoms with van der Waals surface area (Å²) < 4.78 is 39.7. The van der Waals surface area contributed by atoms with E-state index in [2.05, 4.69) is 9.88 Å². The van der Waals surface area contributed by atoms with Crippen LogP contribution in [0.2, 0.25) is 0 Å². The minimum atomic E-state index is -4.41. The Morgan fingerprint density at radius 1 is 1.12 bits per heavy atom. The fourth-order valence-corrected chi connectivity index (χ4v) is 3.87. The third-order valence-electron chi connectivity index (χ3n) is 5.14. The van der Waals surface area contributed by atoms with Gasteiger partial charge in [-0.25, -0.2) is 4.98 Å². The number of pyridine rings is 1. The summed E-state index contributed by atoms with van der Waals surface area (Å²) in [5.74, 6) is 0.163. The van der Waals surface area contributed by atoms with Crippen LogP contribution in [0.1, 0.15) is 24.8 Å². The first kappa shape index (κ1) is 17.5. The molecule has 3 rings (SSSR count). The molecule has 1 aromatic heterocycles. The van der Waals surface area contributed by atoms with Crippen molar-refractivity contribution in [2.24, 2.45) is 11.8 Å². The highest BCUT2D eigenvalue weighted by Gasteiger charge is 2.40. The summed E-state index contributed by atoms with van der Waals surface area (Å²) in [6.07, 6.45) is 0.594. The Labute approximate surface area is 140 Å². The number of anilines is 1. The Balaban J connectivity index is 1.74. The fraction of sp³-hybridized carbons (Fsp3) is 0.706. The number of nitrogens with zero attached hydrogens (tertiary/aromatic N) is 3. The van der Waals surface area contributed by atoms with Crippen LogP contribution in [-0.2, 0) is 6.18 Å². The van der Waals surface area contributed by atoms with Crippen molar-refractivity contribution in [1.29, 1.82) is 0 Å². The molecule has 1 aromatic rings. The van der Waals surface area contributed by atoms with Crippen LogP contribution in [-0.4, -0.2) is 54.3 Å². The fourth-order valence-electron chi connectivity index (χ4n) is 3.87. The molecule has 2 fully saturated rings. The molecule has 0 spiro atoms. The average Bonchev–Trinajstić information content (AvgIpc) is 2.98. The third-order valence-corrected chi connectivity index (χ3v) is 5.14. The molecule has 1 N–H and O–H groups in total. The number of likely N-dealkylation sites (tertiary alicyclic amines) is 1. The molecule has 0 bridgehead atoms. The largest absolute Gasteiger partial charge is 0.419 e. The molecule has 134 valence electrons. The first-order valence-corrected chi connectivity index (χ1v) is 8.59. The van der Waals surface area contributed by atoms with Gasteiger partial charge in [0, 0.05) is 38.4 Å². The number of piperidine rings is 1. The van der Waals surface area contributed by atoms with Crippen LogP contribution in [0.4, 0.5) is 19.0 Å². The van der Waals surface area contributed by atoms with Gasteiger partial charge in [0.05, 0.1) is 5.56 Å². The van der Waals surface area contributed by atoms with Crippen molar-refractivity contribution in [3.05, 3.63) is 23.9 Å². The summed E-state index contributed by atoms with van der Waals surface area (Å²) in [7, 11) is 0. The van der Waals surface area contributed by atoms with Crippen molar-refractivity contribution >= 4 is 5.82 Å². The van der Waals surface area contributed by atoms with Gasteiger partial charge in [0.15, 0.2) is 0 Å². The highest BCUT2D eigenvalue weighted by atomic mass is 19.4. The van der Waals surface area contributed by atoms with Crippen molar-refractivity contribution in [2.45, 2.75) is 25.4 Å². The van der Waals surface area contributed by atoms with E-state index >= 15 is 0 Å². The molecule has 0 aliphatic carbocycles. The van der Waals surface area contributed by atoms with Crippen LogP contribution in [0.25, 0.3) is 0 Å². The monoisotopic (exact) mass is 343 g/mol. The number of aliphatic hydroxyl groups is 1. The molecule has 2 atom stereocenters. The number of hydrogen-bond donors (Lipinski definition) is 1. The molecule has 0 amide bonds. The van der Waals surface area contributed by atoms with E-state index in [9.17, 15) is 18.3 Å². The lowest BCUT2D eigenvalue weighted by Gasteiger charge is -2.30. The minimum absolute atomic E-state index is 0.00317. The Bertz CT molecular complexity index is 546. The van der Waals surface area contributed by atoms with Crippen LogP contribution in [0, 0.1) is 11.8 Å². The molecular weight excluding hydrogens is 319 g/mol. The standard InChI is InChI=1S/C17H24F3N3O/c18-17(19,20)15-5-4-6-21-16(15)23-10-13(14(11-23)12-24)9-22-7-2-1-3-8-22/h4-6,13-14,24H,1-3,7-12H2/t13-,14-/m1/s1. The highest BCUT2D eigenvalue weighted by Crippen LogP contribution is 2.38. The molecule has 7 heteroatoms. The zero-order chi connectivity index (χ0) is 17.2. The van der Waals surface area contributed by atoms with Gasteiger partial charge in [-0.3, -0.25) is 0 Å². The second kappa shape index (κ2) is 7.27. The summed E-state index contributed by atoms with van der Waals surface area (Å²) >= 11 is 0. The number of halogens is 3. The Kier molecular flexibility index (Phi) is 5.30. The van der Waals surface area contributed by atoms with Crippen LogP contribution in [0.3, 0.4) is 0 Å². The first-order chi connectivity index (χ1) is 11.5. The van der Waals surface area contributed by atoms with Gasteiger partial charge in [-0.15, -0.1) is 0 Å². The zero-order valence-electron chi connectivity index (χ0n) is 13.7. The maximum absolute atomic E-state index is 13.2. The van der Waals surface area contributed by atoms with Gasteiger partial charge in [-0.2, -0.15) is 13.2 Å². The van der Waals surface area contributed by atoms with E-state index in [4.69, 9.17) is 0 Å². The predicted octanol–water partition coefficient (Wildman–Crippen LogP) is 2.63. The molecular formula is C17H24F3N3O. The minimum Gasteiger partial charge on any atom is -0.396 e. The summed E-state index contributed by atoms with van der Waals surface area (Å²) in [6, 6.07) is 2.39. The van der Waals surface area contributed by atoms with E-state index in [1.165, 1.54) is 31.5 Å². The molecule has 2 aliphatic heterocycles. The molecule has 24 heavy (non-hydrogen) atoms. The molecule has 2 saturated heterocycles. The summed E-state index contributed by atoms with van der Waals surface area (Å²) in [6.45, 7) is 3.88. The highest BCUT2D eigenvalue weighted by molar-refractivity contribution is 5.49. The van der Waals surface area contributed by atoms with Crippen molar-refractivity contribution in [1.82, 2.24) is 9.88 Å². The van der Waals surface area contributed by atoms with Gasteiger partial charge in [0.25, 0.3) is 0 Å². The van der Waals surface area contributed by atoms with Gasteiger partial charge < -0.3 is 14.9 Å². The molecule has 0 saturated carbocycles. The topological polar surface area (TPSA) is 39.6 Å². The quantitative estimate of drug-likeness (QED) is 0.912. The SMILES string of the molecule is OC[C@H]1CN(c2ncccc2C(F)(F)F)C[C@H]1CN1CCCCC1. The Morgan fingerprint density at radius 2 is 1.83 bits per heavy atom. The van der Waals surface area contributed by atoms with Crippen molar-refractivity contribution in [3.8, 4) is 0 Å². The Hall–Kier alpha value is -1.34. The molecule has 0 radical (unpaired) electrons. The van der Waals surface area contributed by atoms with E-state index in [-0.39, 0.29) is 24.3 Å². The predicted molar refractivity (Wildman–Crippen MR) is 85.8 cm³/mol. The smallest absolute Gasteiger partial charge is 0.396 e. The van der Waals surface area contributed by atoms with Crippen molar-refractivity contribution in [2.75, 3.05) is 44.2 Å². The van der Waals surface area contributed by atoms with E-state index in [0.29, 0.717) is 13.1 Å². The lowest BCUT2D eigenvalue weighted by Crippen LogP contribution is -2.37. The number of aromatic nitrogens is 1. The third kappa shape index (κ3) is 3.83. The van der Waals surface area contributed by atoms with Crippen LogP contribution in [0.5, 0.6) is 0 Å². The van der Waals surface area contributed by atoms with Crippen LogP contribution >= 0.6 is 0 Å². The second-order valence-electron chi connectivity index (χ2n) is 6.84. The number of rotatable bonds is 4. The van der Waals surface area contributed by atoms with Gasteiger partial charge in [-0.1, -0.05) is 6.42 Å². The van der Waals surface area contributed by atoms with Gasteiger partial charge in [0.2, 0.25) is 0 Å². The number of hydrogen-bond acceptors (Lipinski definition) is 4. The van der Waals surface area contributed by atoms with E-state index in [1.807, 2.05) is 0 Å². The molecule has 0 unspecified atom stereocenters. The van der Waals surface area contributed by atoms with Gasteiger partial charge in [-0.05, 0) is 44.0 Å². The summed E-state index contributed by atoms with van der Waals surface area (Å²) in [4.78, 5) is 8.06. The molecule has 3 heterocycles.